The van der Waals surface area contributed by atoms with Crippen LogP contribution in [0.5, 0.6) is 0 Å². The summed E-state index contributed by atoms with van der Waals surface area (Å²) in [7, 11) is 0. The molecule has 2 aromatic heterocycles. The fraction of sp³-hybridized carbons (Fsp3) is 0.259. The highest BCUT2D eigenvalue weighted by atomic mass is 19.4. The molecule has 4 aromatic rings. The Morgan fingerprint density at radius 2 is 1.69 bits per heavy atom. The van der Waals surface area contributed by atoms with Gasteiger partial charge in [0.05, 0.1) is 5.52 Å². The van der Waals surface area contributed by atoms with Crippen LogP contribution < -0.4 is 4.90 Å². The van der Waals surface area contributed by atoms with E-state index in [-0.39, 0.29) is 11.3 Å². The Morgan fingerprint density at radius 1 is 0.857 bits per heavy atom. The average Bonchev–Trinajstić information content (AvgIpc) is 3.08. The molecule has 0 aliphatic carbocycles. The molecule has 1 aliphatic rings. The first-order chi connectivity index (χ1) is 16.9. The summed E-state index contributed by atoms with van der Waals surface area (Å²) in [6, 6.07) is 18.3. The summed E-state index contributed by atoms with van der Waals surface area (Å²) in [6.07, 6.45) is -2.06. The quantitative estimate of drug-likeness (QED) is 0.327. The highest BCUT2D eigenvalue weighted by Gasteiger charge is 2.33. The van der Waals surface area contributed by atoms with E-state index in [1.165, 1.54) is 12.1 Å². The zero-order chi connectivity index (χ0) is 24.4. The number of hydrogen-bond acceptors (Lipinski definition) is 4. The number of pyridine rings is 2. The molecule has 0 radical (unpaired) electrons. The van der Waals surface area contributed by atoms with E-state index in [0.29, 0.717) is 36.4 Å². The normalized spacial score (nSPS) is 15.4. The standard InChI is InChI=1S/C27H24F4N4/c28-21-9-4-6-19(16-21)18-34-12-5-13-35(15-14-34)26-22-10-11-24(27(29,30)31)33-25(22)23(17-32-26)20-7-2-1-3-8-20/h1-4,6-11,16-17H,5,12-15,18H2. The van der Waals surface area contributed by atoms with Crippen LogP contribution in [0.15, 0.2) is 72.9 Å². The zero-order valence-corrected chi connectivity index (χ0v) is 19.0. The van der Waals surface area contributed by atoms with Crippen LogP contribution in [0, 0.1) is 5.82 Å². The van der Waals surface area contributed by atoms with Gasteiger partial charge in [-0.05, 0) is 41.8 Å². The van der Waals surface area contributed by atoms with Crippen molar-refractivity contribution in [3.05, 3.63) is 90.0 Å². The molecular formula is C27H24F4N4. The second-order valence-corrected chi connectivity index (χ2v) is 8.70. The molecule has 0 atom stereocenters. The van der Waals surface area contributed by atoms with Crippen molar-refractivity contribution in [2.45, 2.75) is 19.1 Å². The summed E-state index contributed by atoms with van der Waals surface area (Å²) in [6.45, 7) is 3.58. The molecule has 1 aliphatic heterocycles. The molecule has 0 unspecified atom stereocenters. The maximum Gasteiger partial charge on any atom is 0.433 e. The van der Waals surface area contributed by atoms with Crippen molar-refractivity contribution in [1.82, 2.24) is 14.9 Å². The van der Waals surface area contributed by atoms with Crippen molar-refractivity contribution in [2.75, 3.05) is 31.1 Å². The highest BCUT2D eigenvalue weighted by molar-refractivity contribution is 5.99. The molecule has 5 rings (SSSR count). The lowest BCUT2D eigenvalue weighted by Gasteiger charge is -2.24. The first-order valence-electron chi connectivity index (χ1n) is 11.5. The number of fused-ring (bicyclic) bond motifs is 1. The van der Waals surface area contributed by atoms with E-state index in [2.05, 4.69) is 14.8 Å². The maximum atomic E-state index is 13.6. The van der Waals surface area contributed by atoms with Gasteiger partial charge in [-0.2, -0.15) is 13.2 Å². The lowest BCUT2D eigenvalue weighted by Crippen LogP contribution is -2.31. The van der Waals surface area contributed by atoms with Gasteiger partial charge in [-0.25, -0.2) is 14.4 Å². The van der Waals surface area contributed by atoms with Crippen LogP contribution in [0.2, 0.25) is 0 Å². The molecule has 1 fully saturated rings. The largest absolute Gasteiger partial charge is 0.433 e. The van der Waals surface area contributed by atoms with Gasteiger partial charge in [0.1, 0.15) is 17.3 Å². The first kappa shape index (κ1) is 23.2. The van der Waals surface area contributed by atoms with Gasteiger partial charge >= 0.3 is 6.18 Å². The fourth-order valence-corrected chi connectivity index (χ4v) is 4.57. The molecule has 3 heterocycles. The predicted octanol–water partition coefficient (Wildman–Crippen LogP) is 6.17. The molecule has 2 aromatic carbocycles. The van der Waals surface area contributed by atoms with E-state index in [1.807, 2.05) is 36.4 Å². The zero-order valence-electron chi connectivity index (χ0n) is 19.0. The summed E-state index contributed by atoms with van der Waals surface area (Å²) in [5.74, 6) is 0.382. The van der Waals surface area contributed by atoms with Gasteiger partial charge in [-0.3, -0.25) is 4.90 Å². The fourth-order valence-electron chi connectivity index (χ4n) is 4.57. The third kappa shape index (κ3) is 5.12. The minimum atomic E-state index is -4.54. The number of aromatic nitrogens is 2. The van der Waals surface area contributed by atoms with E-state index >= 15 is 0 Å². The Morgan fingerprint density at radius 3 is 2.46 bits per heavy atom. The van der Waals surface area contributed by atoms with Crippen molar-refractivity contribution in [3.63, 3.8) is 0 Å². The molecule has 0 bridgehead atoms. The van der Waals surface area contributed by atoms with E-state index in [1.54, 1.807) is 18.3 Å². The van der Waals surface area contributed by atoms with Crippen LogP contribution >= 0.6 is 0 Å². The maximum absolute atomic E-state index is 13.6. The predicted molar refractivity (Wildman–Crippen MR) is 128 cm³/mol. The summed E-state index contributed by atoms with van der Waals surface area (Å²) in [4.78, 5) is 13.1. The molecule has 35 heavy (non-hydrogen) atoms. The molecule has 8 heteroatoms. The Kier molecular flexibility index (Phi) is 6.38. The second-order valence-electron chi connectivity index (χ2n) is 8.70. The van der Waals surface area contributed by atoms with Crippen LogP contribution in [-0.2, 0) is 12.7 Å². The van der Waals surface area contributed by atoms with Gasteiger partial charge in [-0.1, -0.05) is 42.5 Å². The second kappa shape index (κ2) is 9.62. The van der Waals surface area contributed by atoms with Crippen molar-refractivity contribution >= 4 is 16.7 Å². The van der Waals surface area contributed by atoms with Gasteiger partial charge in [0.2, 0.25) is 0 Å². The van der Waals surface area contributed by atoms with Crippen molar-refractivity contribution in [3.8, 4) is 11.1 Å². The average molecular weight is 481 g/mol. The SMILES string of the molecule is Fc1cccc(CN2CCCN(c3ncc(-c4ccccc4)c4nc(C(F)(F)F)ccc34)CC2)c1. The van der Waals surface area contributed by atoms with Gasteiger partial charge < -0.3 is 4.90 Å². The summed E-state index contributed by atoms with van der Waals surface area (Å²) < 4.78 is 54.0. The monoisotopic (exact) mass is 480 g/mol. The summed E-state index contributed by atoms with van der Waals surface area (Å²) >= 11 is 0. The number of alkyl halides is 3. The van der Waals surface area contributed by atoms with Crippen molar-refractivity contribution in [2.24, 2.45) is 0 Å². The summed E-state index contributed by atoms with van der Waals surface area (Å²) in [5, 5.41) is 0.595. The molecule has 0 saturated carbocycles. The molecule has 0 spiro atoms. The number of rotatable bonds is 4. The number of benzene rings is 2. The molecule has 0 amide bonds. The van der Waals surface area contributed by atoms with E-state index in [0.717, 1.165) is 36.7 Å². The number of halogens is 4. The third-order valence-electron chi connectivity index (χ3n) is 6.27. The Bertz CT molecular complexity index is 1320. The van der Waals surface area contributed by atoms with E-state index in [4.69, 9.17) is 4.98 Å². The molecule has 1 saturated heterocycles. The van der Waals surface area contributed by atoms with Crippen molar-refractivity contribution in [1.29, 1.82) is 0 Å². The molecule has 180 valence electrons. The summed E-state index contributed by atoms with van der Waals surface area (Å²) in [5.41, 5.74) is 1.62. The lowest BCUT2D eigenvalue weighted by molar-refractivity contribution is -0.140. The van der Waals surface area contributed by atoms with Gasteiger partial charge in [-0.15, -0.1) is 0 Å². The molecule has 0 N–H and O–H groups in total. The minimum Gasteiger partial charge on any atom is -0.355 e. The minimum absolute atomic E-state index is 0.251. The van der Waals surface area contributed by atoms with Gasteiger partial charge in [0.25, 0.3) is 0 Å². The smallest absolute Gasteiger partial charge is 0.355 e. The van der Waals surface area contributed by atoms with Gasteiger partial charge in [0, 0.05) is 49.9 Å². The van der Waals surface area contributed by atoms with Crippen molar-refractivity contribution < 1.29 is 17.6 Å². The topological polar surface area (TPSA) is 32.3 Å². The number of hydrogen-bond donors (Lipinski definition) is 0. The van der Waals surface area contributed by atoms with Crippen LogP contribution in [0.4, 0.5) is 23.4 Å². The number of anilines is 1. The van der Waals surface area contributed by atoms with Gasteiger partial charge in [0.15, 0.2) is 0 Å². The van der Waals surface area contributed by atoms with Crippen LogP contribution in [0.3, 0.4) is 0 Å². The first-order valence-corrected chi connectivity index (χ1v) is 11.5. The van der Waals surface area contributed by atoms with E-state index < -0.39 is 11.9 Å². The molecular weight excluding hydrogens is 456 g/mol. The molecule has 4 nitrogen and oxygen atoms in total. The Labute approximate surface area is 200 Å². The van der Waals surface area contributed by atoms with Crippen LogP contribution in [-0.4, -0.2) is 41.0 Å². The van der Waals surface area contributed by atoms with Crippen LogP contribution in [0.25, 0.3) is 22.0 Å². The Balaban J connectivity index is 1.47. The highest BCUT2D eigenvalue weighted by Crippen LogP contribution is 2.36. The third-order valence-corrected chi connectivity index (χ3v) is 6.27. The Hall–Kier alpha value is -3.52. The lowest BCUT2D eigenvalue weighted by atomic mass is 10.0. The number of nitrogens with zero attached hydrogens (tertiary/aromatic N) is 4. The van der Waals surface area contributed by atoms with Crippen LogP contribution in [0.1, 0.15) is 17.7 Å². The van der Waals surface area contributed by atoms with E-state index in [9.17, 15) is 17.6 Å².